The fraction of sp³-hybridized carbons (Fsp3) is 0.385. The highest BCUT2D eigenvalue weighted by Crippen LogP contribution is 2.45. The van der Waals surface area contributed by atoms with E-state index < -0.39 is 0 Å². The lowest BCUT2D eigenvalue weighted by Crippen LogP contribution is -2.21. The van der Waals surface area contributed by atoms with Crippen molar-refractivity contribution < 1.29 is 4.79 Å². The summed E-state index contributed by atoms with van der Waals surface area (Å²) in [6.07, 6.45) is 1.84. The number of nitriles is 1. The fourth-order valence-corrected chi connectivity index (χ4v) is 2.29. The summed E-state index contributed by atoms with van der Waals surface area (Å²) in [6, 6.07) is 7.84. The molecule has 2 heteroatoms. The van der Waals surface area contributed by atoms with Crippen LogP contribution in [0, 0.1) is 16.7 Å². The van der Waals surface area contributed by atoms with Crippen LogP contribution in [0.15, 0.2) is 18.2 Å². The molecule has 0 saturated heterocycles. The molecule has 2 atom stereocenters. The van der Waals surface area contributed by atoms with Crippen LogP contribution in [0.3, 0.4) is 0 Å². The van der Waals surface area contributed by atoms with Crippen LogP contribution in [0.2, 0.25) is 0 Å². The van der Waals surface area contributed by atoms with Gasteiger partial charge in [0.25, 0.3) is 0 Å². The summed E-state index contributed by atoms with van der Waals surface area (Å²) in [6.45, 7) is 4.04. The second kappa shape index (κ2) is 3.20. The summed E-state index contributed by atoms with van der Waals surface area (Å²) < 4.78 is 0. The average Bonchev–Trinajstić information content (AvgIpc) is 2.52. The molecule has 15 heavy (non-hydrogen) atoms. The van der Waals surface area contributed by atoms with E-state index in [4.69, 9.17) is 5.26 Å². The zero-order valence-corrected chi connectivity index (χ0v) is 8.95. The van der Waals surface area contributed by atoms with E-state index >= 15 is 0 Å². The quantitative estimate of drug-likeness (QED) is 0.652. The van der Waals surface area contributed by atoms with Crippen molar-refractivity contribution in [1.82, 2.24) is 0 Å². The first kappa shape index (κ1) is 9.92. The van der Waals surface area contributed by atoms with Crippen LogP contribution in [0.1, 0.15) is 36.5 Å². The highest BCUT2D eigenvalue weighted by Gasteiger charge is 2.39. The Morgan fingerprint density at radius 2 is 2.33 bits per heavy atom. The molecular weight excluding hydrogens is 186 g/mol. The SMILES string of the molecule is C[C@H]1c2cc(C#N)ccc2C[C@]1(C)C=O. The van der Waals surface area contributed by atoms with Crippen molar-refractivity contribution in [2.45, 2.75) is 26.2 Å². The van der Waals surface area contributed by atoms with E-state index in [1.54, 1.807) is 0 Å². The first-order chi connectivity index (χ1) is 7.10. The van der Waals surface area contributed by atoms with E-state index in [1.807, 2.05) is 25.1 Å². The number of hydrogen-bond donors (Lipinski definition) is 0. The molecule has 0 unspecified atom stereocenters. The summed E-state index contributed by atoms with van der Waals surface area (Å²) in [7, 11) is 0. The number of aldehydes is 1. The third-order valence-corrected chi connectivity index (χ3v) is 3.57. The van der Waals surface area contributed by atoms with Gasteiger partial charge in [0.1, 0.15) is 6.29 Å². The molecule has 0 aliphatic heterocycles. The minimum absolute atomic E-state index is 0.207. The van der Waals surface area contributed by atoms with Gasteiger partial charge in [0, 0.05) is 5.41 Å². The summed E-state index contributed by atoms with van der Waals surface area (Å²) in [5.41, 5.74) is 2.74. The normalized spacial score (nSPS) is 28.2. The second-order valence-corrected chi connectivity index (χ2v) is 4.55. The first-order valence-electron chi connectivity index (χ1n) is 5.10. The van der Waals surface area contributed by atoms with Crippen molar-refractivity contribution in [2.75, 3.05) is 0 Å². The zero-order chi connectivity index (χ0) is 11.1. The highest BCUT2D eigenvalue weighted by molar-refractivity contribution is 5.65. The molecule has 0 spiro atoms. The van der Waals surface area contributed by atoms with Crippen LogP contribution >= 0.6 is 0 Å². The van der Waals surface area contributed by atoms with Gasteiger partial charge in [-0.05, 0) is 35.6 Å². The topological polar surface area (TPSA) is 40.9 Å². The van der Waals surface area contributed by atoms with Crippen molar-refractivity contribution >= 4 is 6.29 Å². The van der Waals surface area contributed by atoms with Crippen molar-refractivity contribution in [3.63, 3.8) is 0 Å². The molecule has 0 N–H and O–H groups in total. The number of hydrogen-bond acceptors (Lipinski definition) is 2. The van der Waals surface area contributed by atoms with Crippen molar-refractivity contribution in [3.8, 4) is 6.07 Å². The molecule has 0 aromatic heterocycles. The predicted molar refractivity (Wildman–Crippen MR) is 57.4 cm³/mol. The van der Waals surface area contributed by atoms with E-state index in [0.29, 0.717) is 5.56 Å². The van der Waals surface area contributed by atoms with Gasteiger partial charge in [-0.15, -0.1) is 0 Å². The minimum Gasteiger partial charge on any atom is -0.303 e. The van der Waals surface area contributed by atoms with Crippen LogP contribution in [-0.4, -0.2) is 6.29 Å². The molecule has 0 radical (unpaired) electrons. The van der Waals surface area contributed by atoms with Gasteiger partial charge in [0.05, 0.1) is 11.6 Å². The lowest BCUT2D eigenvalue weighted by Gasteiger charge is -2.21. The van der Waals surface area contributed by atoms with Crippen molar-refractivity contribution in [2.24, 2.45) is 5.41 Å². The number of carbonyl (C=O) groups is 1. The Balaban J connectivity index is 2.52. The Morgan fingerprint density at radius 3 is 2.93 bits per heavy atom. The van der Waals surface area contributed by atoms with E-state index in [0.717, 1.165) is 18.3 Å². The third kappa shape index (κ3) is 1.35. The number of fused-ring (bicyclic) bond motifs is 1. The maximum Gasteiger partial charge on any atom is 0.126 e. The summed E-state index contributed by atoms with van der Waals surface area (Å²) in [4.78, 5) is 11.1. The van der Waals surface area contributed by atoms with Crippen molar-refractivity contribution in [3.05, 3.63) is 34.9 Å². The first-order valence-corrected chi connectivity index (χ1v) is 5.10. The predicted octanol–water partition coefficient (Wildman–Crippen LogP) is 2.42. The van der Waals surface area contributed by atoms with Crippen molar-refractivity contribution in [1.29, 1.82) is 5.26 Å². The van der Waals surface area contributed by atoms with Gasteiger partial charge in [0.2, 0.25) is 0 Å². The molecule has 1 aliphatic rings. The third-order valence-electron chi connectivity index (χ3n) is 3.57. The maximum absolute atomic E-state index is 11.1. The lowest BCUT2D eigenvalue weighted by atomic mass is 9.80. The molecule has 1 aromatic carbocycles. The molecule has 1 aromatic rings. The zero-order valence-electron chi connectivity index (χ0n) is 8.95. The lowest BCUT2D eigenvalue weighted by molar-refractivity contribution is -0.115. The van der Waals surface area contributed by atoms with Crippen LogP contribution in [0.25, 0.3) is 0 Å². The number of benzene rings is 1. The van der Waals surface area contributed by atoms with Gasteiger partial charge in [-0.3, -0.25) is 0 Å². The summed E-state index contributed by atoms with van der Waals surface area (Å²) in [5, 5.41) is 8.82. The van der Waals surface area contributed by atoms with Gasteiger partial charge in [-0.25, -0.2) is 0 Å². The second-order valence-electron chi connectivity index (χ2n) is 4.55. The average molecular weight is 199 g/mol. The van der Waals surface area contributed by atoms with Gasteiger partial charge >= 0.3 is 0 Å². The van der Waals surface area contributed by atoms with Crippen LogP contribution in [-0.2, 0) is 11.2 Å². The van der Waals surface area contributed by atoms with Gasteiger partial charge < -0.3 is 4.79 Å². The monoisotopic (exact) mass is 199 g/mol. The Hall–Kier alpha value is -1.62. The standard InChI is InChI=1S/C13H13NO/c1-9-12-5-10(7-14)3-4-11(12)6-13(9,2)8-15/h3-5,8-9H,6H2,1-2H3/t9-,13+/m0/s1. The van der Waals surface area contributed by atoms with Crippen LogP contribution in [0.4, 0.5) is 0 Å². The Labute approximate surface area is 89.5 Å². The van der Waals surface area contributed by atoms with Gasteiger partial charge in [-0.1, -0.05) is 19.9 Å². The summed E-state index contributed by atoms with van der Waals surface area (Å²) in [5.74, 6) is 0.207. The molecule has 76 valence electrons. The molecule has 0 saturated carbocycles. The maximum atomic E-state index is 11.1. The van der Waals surface area contributed by atoms with E-state index in [9.17, 15) is 4.79 Å². The fourth-order valence-electron chi connectivity index (χ4n) is 2.29. The molecule has 0 amide bonds. The largest absolute Gasteiger partial charge is 0.303 e. The smallest absolute Gasteiger partial charge is 0.126 e. The molecular formula is C13H13NO. The number of rotatable bonds is 1. The number of carbonyl (C=O) groups excluding carboxylic acids is 1. The molecule has 0 heterocycles. The van der Waals surface area contributed by atoms with Gasteiger partial charge in [0.15, 0.2) is 0 Å². The molecule has 0 fully saturated rings. The van der Waals surface area contributed by atoms with E-state index in [1.165, 1.54) is 5.56 Å². The minimum atomic E-state index is -0.295. The van der Waals surface area contributed by atoms with E-state index in [-0.39, 0.29) is 11.3 Å². The van der Waals surface area contributed by atoms with Crippen LogP contribution < -0.4 is 0 Å². The molecule has 1 aliphatic carbocycles. The Kier molecular flexibility index (Phi) is 2.12. The molecule has 2 rings (SSSR count). The number of nitrogens with zero attached hydrogens (tertiary/aromatic N) is 1. The molecule has 2 nitrogen and oxygen atoms in total. The summed E-state index contributed by atoms with van der Waals surface area (Å²) >= 11 is 0. The Bertz CT molecular complexity index is 458. The van der Waals surface area contributed by atoms with Gasteiger partial charge in [-0.2, -0.15) is 5.26 Å². The van der Waals surface area contributed by atoms with Crippen LogP contribution in [0.5, 0.6) is 0 Å². The highest BCUT2D eigenvalue weighted by atomic mass is 16.1. The Morgan fingerprint density at radius 1 is 1.60 bits per heavy atom. The molecule has 0 bridgehead atoms. The van der Waals surface area contributed by atoms with E-state index in [2.05, 4.69) is 13.0 Å².